The van der Waals surface area contributed by atoms with Gasteiger partial charge in [0.2, 0.25) is 5.95 Å². The SMILES string of the molecule is COc1ccc(Nc2nc3c(-c4cccnc4)nccn3n2)cc1OC. The Morgan fingerprint density at radius 1 is 1.04 bits per heavy atom. The quantitative estimate of drug-likeness (QED) is 0.593. The first-order chi connectivity index (χ1) is 12.8. The molecule has 0 amide bonds. The van der Waals surface area contributed by atoms with E-state index in [0.717, 1.165) is 11.3 Å². The zero-order valence-electron chi connectivity index (χ0n) is 14.2. The molecule has 3 heterocycles. The number of rotatable bonds is 5. The van der Waals surface area contributed by atoms with Gasteiger partial charge in [0.25, 0.3) is 0 Å². The van der Waals surface area contributed by atoms with Crippen LogP contribution in [0, 0.1) is 0 Å². The molecule has 0 unspecified atom stereocenters. The van der Waals surface area contributed by atoms with Gasteiger partial charge in [-0.3, -0.25) is 9.97 Å². The third kappa shape index (κ3) is 2.88. The number of methoxy groups -OCH3 is 2. The van der Waals surface area contributed by atoms with Crippen LogP contribution in [-0.2, 0) is 0 Å². The number of aromatic nitrogens is 5. The van der Waals surface area contributed by atoms with Crippen molar-refractivity contribution in [2.24, 2.45) is 0 Å². The van der Waals surface area contributed by atoms with Crippen molar-refractivity contribution in [3.8, 4) is 22.8 Å². The van der Waals surface area contributed by atoms with Crippen LogP contribution in [0.5, 0.6) is 11.5 Å². The Bertz CT molecular complexity index is 1050. The first kappa shape index (κ1) is 15.8. The number of fused-ring (bicyclic) bond motifs is 1. The predicted molar refractivity (Wildman–Crippen MR) is 96.8 cm³/mol. The van der Waals surface area contributed by atoms with Gasteiger partial charge in [0.15, 0.2) is 17.1 Å². The molecule has 8 heteroatoms. The lowest BCUT2D eigenvalue weighted by molar-refractivity contribution is 0.355. The maximum atomic E-state index is 5.32. The van der Waals surface area contributed by atoms with Crippen molar-refractivity contribution < 1.29 is 9.47 Å². The van der Waals surface area contributed by atoms with E-state index in [1.807, 2.05) is 30.3 Å². The maximum absolute atomic E-state index is 5.32. The van der Waals surface area contributed by atoms with E-state index in [1.165, 1.54) is 0 Å². The molecule has 4 rings (SSSR count). The molecule has 26 heavy (non-hydrogen) atoms. The van der Waals surface area contributed by atoms with Gasteiger partial charge in [-0.1, -0.05) is 0 Å². The van der Waals surface area contributed by atoms with Crippen LogP contribution in [0.1, 0.15) is 0 Å². The smallest absolute Gasteiger partial charge is 0.247 e. The summed E-state index contributed by atoms with van der Waals surface area (Å²) >= 11 is 0. The van der Waals surface area contributed by atoms with E-state index in [9.17, 15) is 0 Å². The highest BCUT2D eigenvalue weighted by Gasteiger charge is 2.12. The minimum absolute atomic E-state index is 0.454. The molecule has 130 valence electrons. The number of anilines is 2. The summed E-state index contributed by atoms with van der Waals surface area (Å²) in [6.45, 7) is 0. The van der Waals surface area contributed by atoms with Crippen LogP contribution in [0.15, 0.2) is 55.1 Å². The fourth-order valence-electron chi connectivity index (χ4n) is 2.62. The first-order valence-electron chi connectivity index (χ1n) is 7.89. The molecule has 0 bridgehead atoms. The summed E-state index contributed by atoms with van der Waals surface area (Å²) in [6.07, 6.45) is 6.90. The molecule has 1 aromatic carbocycles. The van der Waals surface area contributed by atoms with Crippen LogP contribution in [0.2, 0.25) is 0 Å². The van der Waals surface area contributed by atoms with Gasteiger partial charge in [-0.2, -0.15) is 4.98 Å². The Hall–Kier alpha value is -3.68. The van der Waals surface area contributed by atoms with E-state index in [0.29, 0.717) is 28.8 Å². The second-order valence-corrected chi connectivity index (χ2v) is 5.42. The molecule has 0 fully saturated rings. The van der Waals surface area contributed by atoms with Gasteiger partial charge in [-0.15, -0.1) is 5.10 Å². The average Bonchev–Trinajstić information content (AvgIpc) is 3.10. The lowest BCUT2D eigenvalue weighted by Crippen LogP contribution is -1.96. The zero-order valence-corrected chi connectivity index (χ0v) is 14.2. The van der Waals surface area contributed by atoms with Crippen LogP contribution < -0.4 is 14.8 Å². The molecule has 0 aliphatic heterocycles. The minimum Gasteiger partial charge on any atom is -0.493 e. The molecular formula is C18H16N6O2. The number of ether oxygens (including phenoxy) is 2. The maximum Gasteiger partial charge on any atom is 0.247 e. The summed E-state index contributed by atoms with van der Waals surface area (Å²) < 4.78 is 12.3. The Morgan fingerprint density at radius 3 is 2.69 bits per heavy atom. The molecule has 3 aromatic heterocycles. The summed E-state index contributed by atoms with van der Waals surface area (Å²) in [5, 5.41) is 7.63. The van der Waals surface area contributed by atoms with Crippen molar-refractivity contribution in [1.29, 1.82) is 0 Å². The molecule has 0 radical (unpaired) electrons. The van der Waals surface area contributed by atoms with Crippen LogP contribution in [0.3, 0.4) is 0 Å². The van der Waals surface area contributed by atoms with Gasteiger partial charge in [0.1, 0.15) is 5.69 Å². The van der Waals surface area contributed by atoms with E-state index >= 15 is 0 Å². The normalized spacial score (nSPS) is 10.7. The monoisotopic (exact) mass is 348 g/mol. The van der Waals surface area contributed by atoms with Crippen LogP contribution in [0.25, 0.3) is 16.9 Å². The standard InChI is InChI=1S/C18H16N6O2/c1-25-14-6-5-13(10-15(14)26-2)21-18-22-17-16(12-4-3-7-19-11-12)20-8-9-24(17)23-18/h3-11H,1-2H3,(H,21,23). The second kappa shape index (κ2) is 6.67. The lowest BCUT2D eigenvalue weighted by atomic mass is 10.2. The molecular weight excluding hydrogens is 332 g/mol. The van der Waals surface area contributed by atoms with Gasteiger partial charge in [-0.25, -0.2) is 4.52 Å². The molecule has 0 aliphatic carbocycles. The summed E-state index contributed by atoms with van der Waals surface area (Å²) in [7, 11) is 3.19. The zero-order chi connectivity index (χ0) is 17.9. The summed E-state index contributed by atoms with van der Waals surface area (Å²) in [5.41, 5.74) is 3.02. The molecule has 4 aromatic rings. The predicted octanol–water partition coefficient (Wildman–Crippen LogP) is 2.95. The Morgan fingerprint density at radius 2 is 1.92 bits per heavy atom. The van der Waals surface area contributed by atoms with Gasteiger partial charge < -0.3 is 14.8 Å². The number of benzene rings is 1. The molecule has 0 saturated heterocycles. The molecule has 0 aliphatic rings. The highest BCUT2D eigenvalue weighted by Crippen LogP contribution is 2.31. The number of hydrogen-bond donors (Lipinski definition) is 1. The van der Waals surface area contributed by atoms with Gasteiger partial charge in [0, 0.05) is 42.1 Å². The van der Waals surface area contributed by atoms with Crippen LogP contribution >= 0.6 is 0 Å². The van der Waals surface area contributed by atoms with E-state index in [1.54, 1.807) is 43.5 Å². The third-order valence-electron chi connectivity index (χ3n) is 3.83. The lowest BCUT2D eigenvalue weighted by Gasteiger charge is -2.09. The fourth-order valence-corrected chi connectivity index (χ4v) is 2.62. The van der Waals surface area contributed by atoms with Gasteiger partial charge in [-0.05, 0) is 24.3 Å². The third-order valence-corrected chi connectivity index (χ3v) is 3.83. The highest BCUT2D eigenvalue weighted by molar-refractivity contribution is 5.74. The van der Waals surface area contributed by atoms with E-state index in [4.69, 9.17) is 9.47 Å². The Kier molecular flexibility index (Phi) is 4.06. The van der Waals surface area contributed by atoms with Crippen molar-refractivity contribution in [3.63, 3.8) is 0 Å². The molecule has 0 saturated carbocycles. The summed E-state index contributed by atoms with van der Waals surface area (Å²) in [4.78, 5) is 13.1. The van der Waals surface area contributed by atoms with Crippen LogP contribution in [-0.4, -0.2) is 38.8 Å². The van der Waals surface area contributed by atoms with E-state index in [-0.39, 0.29) is 0 Å². The fraction of sp³-hybridized carbons (Fsp3) is 0.111. The first-order valence-corrected chi connectivity index (χ1v) is 7.89. The van der Waals surface area contributed by atoms with E-state index in [2.05, 4.69) is 25.4 Å². The van der Waals surface area contributed by atoms with E-state index < -0.39 is 0 Å². The molecule has 1 N–H and O–H groups in total. The molecule has 8 nitrogen and oxygen atoms in total. The number of hydrogen-bond acceptors (Lipinski definition) is 7. The summed E-state index contributed by atoms with van der Waals surface area (Å²) in [6, 6.07) is 9.31. The second-order valence-electron chi connectivity index (χ2n) is 5.42. The van der Waals surface area contributed by atoms with Crippen molar-refractivity contribution in [2.45, 2.75) is 0 Å². The topological polar surface area (TPSA) is 86.5 Å². The number of pyridine rings is 1. The number of nitrogens with zero attached hydrogens (tertiary/aromatic N) is 5. The van der Waals surface area contributed by atoms with Gasteiger partial charge in [0.05, 0.1) is 14.2 Å². The minimum atomic E-state index is 0.454. The number of nitrogens with one attached hydrogen (secondary N) is 1. The largest absolute Gasteiger partial charge is 0.493 e. The van der Waals surface area contributed by atoms with Crippen molar-refractivity contribution in [1.82, 2.24) is 24.6 Å². The molecule has 0 spiro atoms. The average molecular weight is 348 g/mol. The Labute approximate surface area is 149 Å². The summed E-state index contributed by atoms with van der Waals surface area (Å²) in [5.74, 6) is 1.73. The van der Waals surface area contributed by atoms with Crippen molar-refractivity contribution in [2.75, 3.05) is 19.5 Å². The van der Waals surface area contributed by atoms with Gasteiger partial charge >= 0.3 is 0 Å². The highest BCUT2D eigenvalue weighted by atomic mass is 16.5. The Balaban J connectivity index is 1.70. The van der Waals surface area contributed by atoms with Crippen molar-refractivity contribution >= 4 is 17.3 Å². The molecule has 0 atom stereocenters. The van der Waals surface area contributed by atoms with Crippen molar-refractivity contribution in [3.05, 3.63) is 55.1 Å². The van der Waals surface area contributed by atoms with Crippen LogP contribution in [0.4, 0.5) is 11.6 Å².